The zero-order chi connectivity index (χ0) is 17.2. The van der Waals surface area contributed by atoms with Gasteiger partial charge < -0.3 is 10.2 Å². The number of halogens is 2. The van der Waals surface area contributed by atoms with Gasteiger partial charge in [-0.3, -0.25) is 9.89 Å². The van der Waals surface area contributed by atoms with E-state index < -0.39 is 0 Å². The van der Waals surface area contributed by atoms with Crippen molar-refractivity contribution < 1.29 is 4.79 Å². The summed E-state index contributed by atoms with van der Waals surface area (Å²) in [5.41, 5.74) is 2.73. The number of piperazine rings is 1. The van der Waals surface area contributed by atoms with E-state index in [1.165, 1.54) is 0 Å². The Balaban J connectivity index is 0.00000196. The summed E-state index contributed by atoms with van der Waals surface area (Å²) in [7, 11) is 0. The summed E-state index contributed by atoms with van der Waals surface area (Å²) in [5, 5.41) is 12.3. The first-order valence-electron chi connectivity index (χ1n) is 8.40. The fourth-order valence-electron chi connectivity index (χ4n) is 3.43. The van der Waals surface area contributed by atoms with Crippen molar-refractivity contribution in [1.29, 1.82) is 0 Å². The largest absolute Gasteiger partial charge is 0.333 e. The van der Waals surface area contributed by atoms with E-state index in [9.17, 15) is 4.79 Å². The van der Waals surface area contributed by atoms with Crippen molar-refractivity contribution in [2.24, 2.45) is 0 Å². The second-order valence-electron chi connectivity index (χ2n) is 6.22. The van der Waals surface area contributed by atoms with E-state index in [1.807, 2.05) is 53.4 Å². The quantitative estimate of drug-likeness (QED) is 0.720. The van der Waals surface area contributed by atoms with E-state index in [2.05, 4.69) is 15.5 Å². The normalized spacial score (nSPS) is 17.1. The number of hydrogen-bond donors (Lipinski definition) is 2. The van der Waals surface area contributed by atoms with Crippen molar-refractivity contribution in [1.82, 2.24) is 20.4 Å². The van der Waals surface area contributed by atoms with Crippen LogP contribution in [0.15, 0.2) is 48.5 Å². The topological polar surface area (TPSA) is 61.0 Å². The van der Waals surface area contributed by atoms with Crippen molar-refractivity contribution >= 4 is 40.8 Å². The average molecular weight is 391 g/mol. The molecule has 1 amide bonds. The number of rotatable bonds is 3. The first kappa shape index (κ1) is 18.7. The lowest BCUT2D eigenvalue weighted by Gasteiger charge is -2.37. The summed E-state index contributed by atoms with van der Waals surface area (Å²) in [6.07, 6.45) is 0.307. The first-order chi connectivity index (χ1) is 12.2. The highest BCUT2D eigenvalue weighted by atomic mass is 35.5. The number of carbonyl (C=O) groups is 1. The first-order valence-corrected chi connectivity index (χ1v) is 8.78. The van der Waals surface area contributed by atoms with Crippen molar-refractivity contribution in [3.8, 4) is 0 Å². The maximum absolute atomic E-state index is 13.0. The Bertz CT molecular complexity index is 911. The van der Waals surface area contributed by atoms with E-state index in [0.717, 1.165) is 28.7 Å². The third kappa shape index (κ3) is 3.56. The van der Waals surface area contributed by atoms with Crippen molar-refractivity contribution in [3.05, 3.63) is 64.8 Å². The molecule has 1 aromatic heterocycles. The lowest BCUT2D eigenvalue weighted by atomic mass is 10.0. The van der Waals surface area contributed by atoms with Crippen LogP contribution in [0.5, 0.6) is 0 Å². The highest BCUT2D eigenvalue weighted by Crippen LogP contribution is 2.29. The van der Waals surface area contributed by atoms with Gasteiger partial charge in [0.05, 0.1) is 23.7 Å². The van der Waals surface area contributed by atoms with Crippen LogP contribution in [0.2, 0.25) is 5.02 Å². The number of nitrogens with one attached hydrogen (secondary N) is 2. The van der Waals surface area contributed by atoms with Gasteiger partial charge in [-0.15, -0.1) is 12.4 Å². The molecule has 0 aliphatic carbocycles. The van der Waals surface area contributed by atoms with Gasteiger partial charge in [0.15, 0.2) is 0 Å². The van der Waals surface area contributed by atoms with E-state index in [1.54, 1.807) is 0 Å². The molecule has 1 saturated heterocycles. The molecule has 0 radical (unpaired) electrons. The maximum atomic E-state index is 13.0. The second-order valence-corrected chi connectivity index (χ2v) is 6.63. The minimum Gasteiger partial charge on any atom is -0.333 e. The van der Waals surface area contributed by atoms with Gasteiger partial charge in [-0.1, -0.05) is 48.0 Å². The Kier molecular flexibility index (Phi) is 5.81. The molecular weight excluding hydrogens is 371 g/mol. The number of fused-ring (bicyclic) bond motifs is 1. The molecule has 0 spiro atoms. The molecule has 5 nitrogen and oxygen atoms in total. The van der Waals surface area contributed by atoms with E-state index in [-0.39, 0.29) is 24.4 Å². The maximum Gasteiger partial charge on any atom is 0.229 e. The lowest BCUT2D eigenvalue weighted by Crippen LogP contribution is -2.49. The van der Waals surface area contributed by atoms with Crippen LogP contribution in [0.3, 0.4) is 0 Å². The molecule has 1 aliphatic heterocycles. The zero-order valence-corrected chi connectivity index (χ0v) is 15.7. The van der Waals surface area contributed by atoms with Gasteiger partial charge in [0.25, 0.3) is 0 Å². The minimum atomic E-state index is -0.0517. The third-order valence-electron chi connectivity index (χ3n) is 4.70. The number of aromatic amines is 1. The van der Waals surface area contributed by atoms with Crippen LogP contribution in [-0.4, -0.2) is 40.6 Å². The molecular formula is C19H20Cl2N4O. The molecule has 7 heteroatoms. The number of aromatic nitrogens is 2. The van der Waals surface area contributed by atoms with Crippen LogP contribution in [0.1, 0.15) is 17.3 Å². The van der Waals surface area contributed by atoms with Gasteiger partial charge in [-0.05, 0) is 17.7 Å². The average Bonchev–Trinajstić information content (AvgIpc) is 3.05. The number of H-pyrrole nitrogens is 1. The minimum absolute atomic E-state index is 0. The molecule has 2 N–H and O–H groups in total. The molecule has 0 saturated carbocycles. The highest BCUT2D eigenvalue weighted by Gasteiger charge is 2.29. The predicted octanol–water partition coefficient (Wildman–Crippen LogP) is 3.35. The molecule has 136 valence electrons. The van der Waals surface area contributed by atoms with Gasteiger partial charge in [0.1, 0.15) is 0 Å². The molecule has 4 rings (SSSR count). The molecule has 1 unspecified atom stereocenters. The Hall–Kier alpha value is -2.08. The van der Waals surface area contributed by atoms with Crippen LogP contribution in [0.4, 0.5) is 0 Å². The van der Waals surface area contributed by atoms with E-state index >= 15 is 0 Å². The fourth-order valence-corrected chi connectivity index (χ4v) is 3.69. The Morgan fingerprint density at radius 3 is 2.81 bits per heavy atom. The molecule has 2 aromatic carbocycles. The Labute approximate surface area is 163 Å². The molecule has 26 heavy (non-hydrogen) atoms. The van der Waals surface area contributed by atoms with Crippen molar-refractivity contribution in [2.75, 3.05) is 19.6 Å². The molecule has 1 atom stereocenters. The van der Waals surface area contributed by atoms with Gasteiger partial charge in [-0.2, -0.15) is 5.10 Å². The zero-order valence-electron chi connectivity index (χ0n) is 14.1. The van der Waals surface area contributed by atoms with Gasteiger partial charge in [0.2, 0.25) is 5.91 Å². The number of carbonyl (C=O) groups excluding carboxylic acids is 1. The molecule has 1 fully saturated rings. The third-order valence-corrected chi connectivity index (χ3v) is 5.04. The summed E-state index contributed by atoms with van der Waals surface area (Å²) in [4.78, 5) is 14.9. The number of amides is 1. The summed E-state index contributed by atoms with van der Waals surface area (Å²) in [5.74, 6) is 0.0841. The van der Waals surface area contributed by atoms with Gasteiger partial charge >= 0.3 is 0 Å². The Morgan fingerprint density at radius 2 is 1.96 bits per heavy atom. The number of hydrogen-bond acceptors (Lipinski definition) is 3. The van der Waals surface area contributed by atoms with Gasteiger partial charge in [0, 0.05) is 30.0 Å². The van der Waals surface area contributed by atoms with Gasteiger partial charge in [-0.25, -0.2) is 0 Å². The summed E-state index contributed by atoms with van der Waals surface area (Å²) >= 11 is 6.37. The number of benzene rings is 2. The summed E-state index contributed by atoms with van der Waals surface area (Å²) in [6.45, 7) is 2.16. The van der Waals surface area contributed by atoms with Crippen LogP contribution < -0.4 is 5.32 Å². The van der Waals surface area contributed by atoms with Crippen LogP contribution >= 0.6 is 24.0 Å². The van der Waals surface area contributed by atoms with Crippen molar-refractivity contribution in [2.45, 2.75) is 12.5 Å². The summed E-state index contributed by atoms with van der Waals surface area (Å²) in [6, 6.07) is 15.5. The Morgan fingerprint density at radius 1 is 1.19 bits per heavy atom. The monoisotopic (exact) mass is 390 g/mol. The smallest absolute Gasteiger partial charge is 0.229 e. The molecule has 3 aromatic rings. The van der Waals surface area contributed by atoms with Crippen LogP contribution in [0, 0.1) is 0 Å². The molecule has 2 heterocycles. The number of para-hydroxylation sites is 1. The fraction of sp³-hybridized carbons (Fsp3) is 0.263. The second kappa shape index (κ2) is 8.08. The highest BCUT2D eigenvalue weighted by molar-refractivity contribution is 6.31. The SMILES string of the molecule is Cl.O=C(Cc1[nH]nc2ccccc12)N1CCNCC1c1ccccc1Cl. The lowest BCUT2D eigenvalue weighted by molar-refractivity contribution is -0.133. The van der Waals surface area contributed by atoms with E-state index in [0.29, 0.717) is 24.5 Å². The predicted molar refractivity (Wildman–Crippen MR) is 106 cm³/mol. The molecule has 0 bridgehead atoms. The van der Waals surface area contributed by atoms with E-state index in [4.69, 9.17) is 11.6 Å². The number of nitrogens with zero attached hydrogens (tertiary/aromatic N) is 2. The molecule has 1 aliphatic rings. The summed E-state index contributed by atoms with van der Waals surface area (Å²) < 4.78 is 0. The van der Waals surface area contributed by atoms with Crippen molar-refractivity contribution in [3.63, 3.8) is 0 Å². The van der Waals surface area contributed by atoms with Crippen LogP contribution in [-0.2, 0) is 11.2 Å². The van der Waals surface area contributed by atoms with Crippen LogP contribution in [0.25, 0.3) is 10.9 Å². The standard InChI is InChI=1S/C19H19ClN4O.ClH/c20-15-7-3-1-5-13(15)18-12-21-9-10-24(18)19(25)11-17-14-6-2-4-8-16(14)22-23-17;/h1-8,18,21H,9-12H2,(H,22,23);1H.